The molecule has 0 unspecified atom stereocenters. The van der Waals surface area contributed by atoms with Gasteiger partial charge in [0.25, 0.3) is 0 Å². The lowest BCUT2D eigenvalue weighted by molar-refractivity contribution is 0.144. The van der Waals surface area contributed by atoms with E-state index in [1.54, 1.807) is 6.07 Å². The normalized spacial score (nSPS) is 11.8. The number of hydrogen-bond donors (Lipinski definition) is 2. The second-order valence-corrected chi connectivity index (χ2v) is 6.90. The number of nitrogens with zero attached hydrogens (tertiary/aromatic N) is 1. The lowest BCUT2D eigenvalue weighted by Crippen LogP contribution is -2.26. The van der Waals surface area contributed by atoms with Gasteiger partial charge < -0.3 is 15.8 Å². The maximum absolute atomic E-state index is 12.1. The topological polar surface area (TPSA) is 77.2 Å². The fourth-order valence-electron chi connectivity index (χ4n) is 3.47. The fraction of sp³-hybridized carbons (Fsp3) is 0.130. The number of nitrogens with one attached hydrogen (secondary N) is 1. The molecule has 3 aromatic rings. The summed E-state index contributed by atoms with van der Waals surface area (Å²) >= 11 is 5.97. The molecule has 4 rings (SSSR count). The van der Waals surface area contributed by atoms with Crippen LogP contribution in [0, 0.1) is 11.8 Å². The van der Waals surface area contributed by atoms with Gasteiger partial charge in [-0.05, 0) is 28.3 Å². The first-order valence-corrected chi connectivity index (χ1v) is 9.50. The zero-order valence-electron chi connectivity index (χ0n) is 15.5. The molecule has 0 saturated heterocycles. The first kappa shape index (κ1) is 18.9. The zero-order valence-corrected chi connectivity index (χ0v) is 16.2. The van der Waals surface area contributed by atoms with E-state index in [0.717, 1.165) is 0 Å². The summed E-state index contributed by atoms with van der Waals surface area (Å²) in [7, 11) is 0. The van der Waals surface area contributed by atoms with Gasteiger partial charge in [-0.15, -0.1) is 0 Å². The number of hydrogen-bond acceptors (Lipinski definition) is 4. The summed E-state index contributed by atoms with van der Waals surface area (Å²) in [6, 6.07) is 18.0. The predicted octanol–water partition coefficient (Wildman–Crippen LogP) is 4.21. The van der Waals surface area contributed by atoms with Gasteiger partial charge in [-0.25, -0.2) is 9.78 Å². The summed E-state index contributed by atoms with van der Waals surface area (Å²) in [6.07, 6.45) is 0.990. The predicted molar refractivity (Wildman–Crippen MR) is 114 cm³/mol. The van der Waals surface area contributed by atoms with Crippen LogP contribution in [0.4, 0.5) is 10.5 Å². The molecule has 1 amide bonds. The maximum Gasteiger partial charge on any atom is 0.407 e. The Hall–Kier alpha value is -3.49. The van der Waals surface area contributed by atoms with Crippen LogP contribution in [0.3, 0.4) is 0 Å². The Morgan fingerprint density at radius 3 is 2.41 bits per heavy atom. The second-order valence-electron chi connectivity index (χ2n) is 6.55. The molecule has 0 atom stereocenters. The summed E-state index contributed by atoms with van der Waals surface area (Å²) in [4.78, 5) is 16.0. The molecule has 144 valence electrons. The highest BCUT2D eigenvalue weighted by molar-refractivity contribution is 6.30. The molecule has 0 aliphatic heterocycles. The third-order valence-electron chi connectivity index (χ3n) is 4.82. The third kappa shape index (κ3) is 3.89. The van der Waals surface area contributed by atoms with Gasteiger partial charge >= 0.3 is 6.09 Å². The average molecular weight is 404 g/mol. The van der Waals surface area contributed by atoms with Crippen molar-refractivity contribution < 1.29 is 9.53 Å². The highest BCUT2D eigenvalue weighted by Crippen LogP contribution is 2.44. The average Bonchev–Trinajstić information content (AvgIpc) is 3.05. The van der Waals surface area contributed by atoms with Crippen LogP contribution in [0.25, 0.3) is 11.1 Å². The van der Waals surface area contributed by atoms with Gasteiger partial charge in [-0.1, -0.05) is 72.0 Å². The van der Waals surface area contributed by atoms with E-state index in [1.807, 2.05) is 24.3 Å². The molecule has 0 saturated carbocycles. The van der Waals surface area contributed by atoms with Crippen LogP contribution in [0.2, 0.25) is 5.15 Å². The van der Waals surface area contributed by atoms with Gasteiger partial charge in [0.1, 0.15) is 11.8 Å². The van der Waals surface area contributed by atoms with Crippen LogP contribution < -0.4 is 11.1 Å². The third-order valence-corrected chi connectivity index (χ3v) is 5.10. The lowest BCUT2D eigenvalue weighted by Gasteiger charge is -2.14. The number of amides is 1. The van der Waals surface area contributed by atoms with Gasteiger partial charge in [-0.3, -0.25) is 0 Å². The molecule has 1 aliphatic carbocycles. The number of benzene rings is 2. The number of ether oxygens (including phenoxy) is 1. The Labute approximate surface area is 173 Å². The van der Waals surface area contributed by atoms with E-state index >= 15 is 0 Å². The molecule has 1 heterocycles. The summed E-state index contributed by atoms with van der Waals surface area (Å²) in [5.41, 5.74) is 11.4. The first-order valence-electron chi connectivity index (χ1n) is 9.13. The smallest absolute Gasteiger partial charge is 0.407 e. The number of rotatable bonds is 3. The van der Waals surface area contributed by atoms with Crippen LogP contribution in [-0.2, 0) is 4.74 Å². The van der Waals surface area contributed by atoms with E-state index in [4.69, 9.17) is 22.1 Å². The number of aromatic nitrogens is 1. The number of carbonyl (C=O) groups excluding carboxylic acids is 1. The van der Waals surface area contributed by atoms with Crippen molar-refractivity contribution in [3.63, 3.8) is 0 Å². The van der Waals surface area contributed by atoms with Crippen molar-refractivity contribution in [2.24, 2.45) is 0 Å². The second kappa shape index (κ2) is 8.26. The van der Waals surface area contributed by atoms with Gasteiger partial charge in [0.2, 0.25) is 0 Å². The van der Waals surface area contributed by atoms with Gasteiger partial charge in [0.05, 0.1) is 17.8 Å². The van der Waals surface area contributed by atoms with E-state index in [1.165, 1.54) is 28.5 Å². The van der Waals surface area contributed by atoms with Crippen molar-refractivity contribution in [1.82, 2.24) is 10.3 Å². The molecule has 6 heteroatoms. The minimum absolute atomic E-state index is 0.0215. The Bertz CT molecular complexity index is 1070. The molecule has 0 radical (unpaired) electrons. The molecule has 29 heavy (non-hydrogen) atoms. The summed E-state index contributed by atoms with van der Waals surface area (Å²) in [5, 5.41) is 2.86. The van der Waals surface area contributed by atoms with Gasteiger partial charge in [0.15, 0.2) is 0 Å². The number of nitrogen functional groups attached to an aromatic ring is 1. The van der Waals surface area contributed by atoms with E-state index in [2.05, 4.69) is 46.4 Å². The SMILES string of the molecule is Nc1ccnc(Cl)c1C#CCNC(=O)OCC1c2ccccc2-c2ccccc21. The quantitative estimate of drug-likeness (QED) is 0.507. The number of fused-ring (bicyclic) bond motifs is 3. The zero-order chi connectivity index (χ0) is 20.2. The van der Waals surface area contributed by atoms with Crippen molar-refractivity contribution in [3.8, 4) is 23.0 Å². The molecule has 0 fully saturated rings. The van der Waals surface area contributed by atoms with E-state index in [-0.39, 0.29) is 24.2 Å². The molecule has 0 bridgehead atoms. The van der Waals surface area contributed by atoms with E-state index < -0.39 is 6.09 Å². The molecule has 3 N–H and O–H groups in total. The summed E-state index contributed by atoms with van der Waals surface area (Å²) in [5.74, 6) is 5.65. The number of pyridine rings is 1. The van der Waals surface area contributed by atoms with Crippen LogP contribution in [-0.4, -0.2) is 24.2 Å². The van der Waals surface area contributed by atoms with Crippen molar-refractivity contribution in [3.05, 3.63) is 82.6 Å². The molecule has 0 spiro atoms. The van der Waals surface area contributed by atoms with Crippen LogP contribution in [0.5, 0.6) is 0 Å². The highest BCUT2D eigenvalue weighted by Gasteiger charge is 2.28. The molecule has 2 aromatic carbocycles. The standard InChI is InChI=1S/C23H18ClN3O2/c24-22-19(21(25)11-13-26-22)10-5-12-27-23(28)29-14-20-17-8-3-1-6-15(17)16-7-2-4-9-18(16)20/h1-4,6-9,11,13,20H,12,14H2,(H2,25,26)(H,27,28). The molecule has 5 nitrogen and oxygen atoms in total. The van der Waals surface area contributed by atoms with Crippen LogP contribution >= 0.6 is 11.6 Å². The lowest BCUT2D eigenvalue weighted by atomic mass is 9.98. The molecular formula is C23H18ClN3O2. The Balaban J connectivity index is 1.37. The van der Waals surface area contributed by atoms with Crippen LogP contribution in [0.1, 0.15) is 22.6 Å². The van der Waals surface area contributed by atoms with Crippen molar-refractivity contribution in [2.75, 3.05) is 18.9 Å². The Kier molecular flexibility index (Phi) is 5.37. The minimum Gasteiger partial charge on any atom is -0.449 e. The van der Waals surface area contributed by atoms with E-state index in [9.17, 15) is 4.79 Å². The summed E-state index contributed by atoms with van der Waals surface area (Å²) < 4.78 is 5.46. The number of carbonyl (C=O) groups is 1. The first-order chi connectivity index (χ1) is 14.1. The van der Waals surface area contributed by atoms with E-state index in [0.29, 0.717) is 11.3 Å². The highest BCUT2D eigenvalue weighted by atomic mass is 35.5. The minimum atomic E-state index is -0.522. The van der Waals surface area contributed by atoms with Crippen LogP contribution in [0.15, 0.2) is 60.8 Å². The number of halogens is 1. The van der Waals surface area contributed by atoms with Gasteiger partial charge in [-0.2, -0.15) is 0 Å². The fourth-order valence-corrected chi connectivity index (χ4v) is 3.68. The summed E-state index contributed by atoms with van der Waals surface area (Å²) in [6.45, 7) is 0.371. The molecular weight excluding hydrogens is 386 g/mol. The van der Waals surface area contributed by atoms with Gasteiger partial charge in [0, 0.05) is 12.1 Å². The largest absolute Gasteiger partial charge is 0.449 e. The van der Waals surface area contributed by atoms with Crippen molar-refractivity contribution in [2.45, 2.75) is 5.92 Å². The molecule has 1 aliphatic rings. The number of nitrogens with two attached hydrogens (primary N) is 1. The number of anilines is 1. The molecule has 1 aromatic heterocycles. The maximum atomic E-state index is 12.1. The monoisotopic (exact) mass is 403 g/mol. The Morgan fingerprint density at radius 2 is 1.76 bits per heavy atom. The van der Waals surface area contributed by atoms with Crippen molar-refractivity contribution >= 4 is 23.4 Å². The Morgan fingerprint density at radius 1 is 1.10 bits per heavy atom. The van der Waals surface area contributed by atoms with Crippen molar-refractivity contribution in [1.29, 1.82) is 0 Å². The number of alkyl carbamates (subject to hydrolysis) is 1.